The summed E-state index contributed by atoms with van der Waals surface area (Å²) in [6.45, 7) is 9.56. The molecule has 2 aromatic carbocycles. The molecule has 29 heavy (non-hydrogen) atoms. The van der Waals surface area contributed by atoms with Gasteiger partial charge in [-0.15, -0.1) is 0 Å². The lowest BCUT2D eigenvalue weighted by Gasteiger charge is -2.37. The molecule has 156 valence electrons. The summed E-state index contributed by atoms with van der Waals surface area (Å²) in [6, 6.07) is 21.6. The molecule has 0 aromatic heterocycles. The molecule has 1 unspecified atom stereocenters. The van der Waals surface area contributed by atoms with Gasteiger partial charge in [-0.25, -0.2) is 0 Å². The van der Waals surface area contributed by atoms with Gasteiger partial charge in [0.2, 0.25) is 0 Å². The maximum Gasteiger partial charge on any atom is 0.469 e. The van der Waals surface area contributed by atoms with Gasteiger partial charge in [-0.2, -0.15) is 0 Å². The normalized spacial score (nSPS) is 20.0. The van der Waals surface area contributed by atoms with Crippen LogP contribution < -0.4 is 0 Å². The van der Waals surface area contributed by atoms with Crippen LogP contribution in [0.15, 0.2) is 60.7 Å². The quantitative estimate of drug-likeness (QED) is 0.580. The van der Waals surface area contributed by atoms with Crippen molar-refractivity contribution < 1.29 is 9.31 Å². The SMILES string of the molecule is CN(C)CCC(CCc1ccccc1)(B1OC(C)(C)C(C)(C)O1)c1ccccc1. The molecule has 3 rings (SSSR count). The lowest BCUT2D eigenvalue weighted by molar-refractivity contribution is 0.00578. The van der Waals surface area contributed by atoms with Crippen LogP contribution in [-0.2, 0) is 21.0 Å². The average Bonchev–Trinajstić information content (AvgIpc) is 2.91. The average molecular weight is 393 g/mol. The molecule has 0 aliphatic carbocycles. The van der Waals surface area contributed by atoms with Gasteiger partial charge in [0.15, 0.2) is 0 Å². The standard InChI is InChI=1S/C25H36BNO2/c1-23(2)24(3,4)29-26(28-23)25(19-20-27(5)6,22-15-11-8-12-16-22)18-17-21-13-9-7-10-14-21/h7-16H,17-20H2,1-6H3. The zero-order valence-electron chi connectivity index (χ0n) is 18.9. The van der Waals surface area contributed by atoms with Crippen LogP contribution in [0.2, 0.25) is 0 Å². The summed E-state index contributed by atoms with van der Waals surface area (Å²) >= 11 is 0. The third kappa shape index (κ3) is 4.76. The molecule has 1 aliphatic heterocycles. The molecule has 1 fully saturated rings. The van der Waals surface area contributed by atoms with Gasteiger partial charge in [0.1, 0.15) is 0 Å². The molecule has 2 aromatic rings. The maximum atomic E-state index is 6.66. The molecule has 1 saturated heterocycles. The van der Waals surface area contributed by atoms with E-state index in [1.54, 1.807) is 0 Å². The molecule has 4 heteroatoms. The van der Waals surface area contributed by atoms with E-state index in [0.29, 0.717) is 0 Å². The van der Waals surface area contributed by atoms with Crippen LogP contribution in [0.5, 0.6) is 0 Å². The molecule has 1 atom stereocenters. The zero-order valence-corrected chi connectivity index (χ0v) is 18.9. The Bertz CT molecular complexity index is 760. The van der Waals surface area contributed by atoms with E-state index in [9.17, 15) is 0 Å². The minimum atomic E-state index is -0.345. The smallest absolute Gasteiger partial charge is 0.403 e. The first-order valence-corrected chi connectivity index (χ1v) is 10.8. The molecule has 0 amide bonds. The minimum Gasteiger partial charge on any atom is -0.403 e. The van der Waals surface area contributed by atoms with Crippen molar-refractivity contribution in [3.8, 4) is 0 Å². The summed E-state index contributed by atoms with van der Waals surface area (Å²) in [4.78, 5) is 2.26. The Morgan fingerprint density at radius 3 is 1.83 bits per heavy atom. The van der Waals surface area contributed by atoms with E-state index in [4.69, 9.17) is 9.31 Å². The fourth-order valence-electron chi connectivity index (χ4n) is 4.06. The van der Waals surface area contributed by atoms with E-state index in [0.717, 1.165) is 25.8 Å². The summed E-state index contributed by atoms with van der Waals surface area (Å²) < 4.78 is 13.3. The summed E-state index contributed by atoms with van der Waals surface area (Å²) in [5.74, 6) is 0. The molecule has 3 nitrogen and oxygen atoms in total. The molecule has 0 N–H and O–H groups in total. The second kappa shape index (κ2) is 8.63. The second-order valence-corrected chi connectivity index (χ2v) is 9.65. The second-order valence-electron chi connectivity index (χ2n) is 9.65. The van der Waals surface area contributed by atoms with Crippen molar-refractivity contribution in [2.45, 2.75) is 63.5 Å². The predicted molar refractivity (Wildman–Crippen MR) is 122 cm³/mol. The Morgan fingerprint density at radius 1 is 0.793 bits per heavy atom. The van der Waals surface area contributed by atoms with E-state index < -0.39 is 0 Å². The number of benzene rings is 2. The first-order chi connectivity index (χ1) is 13.7. The Kier molecular flexibility index (Phi) is 6.57. The number of hydrogen-bond donors (Lipinski definition) is 0. The van der Waals surface area contributed by atoms with E-state index in [1.165, 1.54) is 11.1 Å². The number of hydrogen-bond acceptors (Lipinski definition) is 3. The van der Waals surface area contributed by atoms with Crippen molar-refractivity contribution in [1.29, 1.82) is 0 Å². The predicted octanol–water partition coefficient (Wildman–Crippen LogP) is 5.14. The molecule has 1 heterocycles. The summed E-state index contributed by atoms with van der Waals surface area (Å²) in [5.41, 5.74) is 1.97. The summed E-state index contributed by atoms with van der Waals surface area (Å²) in [5, 5.41) is -0.216. The van der Waals surface area contributed by atoms with E-state index >= 15 is 0 Å². The van der Waals surface area contributed by atoms with Gasteiger partial charge in [0, 0.05) is 5.31 Å². The largest absolute Gasteiger partial charge is 0.469 e. The van der Waals surface area contributed by atoms with Crippen molar-refractivity contribution in [3.05, 3.63) is 71.8 Å². The summed E-state index contributed by atoms with van der Waals surface area (Å²) in [7, 11) is 3.99. The molecular weight excluding hydrogens is 357 g/mol. The Morgan fingerprint density at radius 2 is 1.31 bits per heavy atom. The lowest BCUT2D eigenvalue weighted by Crippen LogP contribution is -2.48. The Balaban J connectivity index is 2.01. The number of rotatable bonds is 8. The number of aryl methyl sites for hydroxylation is 1. The molecule has 0 spiro atoms. The van der Waals surface area contributed by atoms with E-state index in [2.05, 4.69) is 107 Å². The highest BCUT2D eigenvalue weighted by Gasteiger charge is 2.59. The van der Waals surface area contributed by atoms with E-state index in [1.807, 2.05) is 0 Å². The van der Waals surface area contributed by atoms with Crippen molar-refractivity contribution in [2.24, 2.45) is 0 Å². The van der Waals surface area contributed by atoms with Crippen molar-refractivity contribution >= 4 is 7.12 Å². The van der Waals surface area contributed by atoms with Gasteiger partial charge in [0.05, 0.1) is 11.2 Å². The van der Waals surface area contributed by atoms with Crippen molar-refractivity contribution in [1.82, 2.24) is 4.90 Å². The molecular formula is C25H36BNO2. The van der Waals surface area contributed by atoms with Crippen LogP contribution >= 0.6 is 0 Å². The minimum absolute atomic E-state index is 0.216. The Labute approximate surface area is 177 Å². The van der Waals surface area contributed by atoms with Crippen molar-refractivity contribution in [2.75, 3.05) is 20.6 Å². The van der Waals surface area contributed by atoms with Gasteiger partial charge >= 0.3 is 7.12 Å². The van der Waals surface area contributed by atoms with Crippen LogP contribution in [0, 0.1) is 0 Å². The van der Waals surface area contributed by atoms with Gasteiger partial charge in [0.25, 0.3) is 0 Å². The highest BCUT2D eigenvalue weighted by Crippen LogP contribution is 2.46. The Hall–Kier alpha value is -1.62. The monoisotopic (exact) mass is 393 g/mol. The van der Waals surface area contributed by atoms with Crippen LogP contribution in [0.4, 0.5) is 0 Å². The van der Waals surface area contributed by atoms with Gasteiger partial charge in [-0.3, -0.25) is 0 Å². The fourth-order valence-corrected chi connectivity index (χ4v) is 4.06. The van der Waals surface area contributed by atoms with Crippen molar-refractivity contribution in [3.63, 3.8) is 0 Å². The fraction of sp³-hybridized carbons (Fsp3) is 0.520. The van der Waals surface area contributed by atoms with Gasteiger partial charge < -0.3 is 14.2 Å². The first-order valence-electron chi connectivity index (χ1n) is 10.8. The highest BCUT2D eigenvalue weighted by atomic mass is 16.7. The lowest BCUT2D eigenvalue weighted by atomic mass is 9.50. The van der Waals surface area contributed by atoms with Gasteiger partial charge in [-0.05, 0) is 78.7 Å². The topological polar surface area (TPSA) is 21.7 Å². The third-order valence-electron chi connectivity index (χ3n) is 6.76. The van der Waals surface area contributed by atoms with Crippen LogP contribution in [0.1, 0.15) is 51.7 Å². The van der Waals surface area contributed by atoms with Crippen LogP contribution in [0.3, 0.4) is 0 Å². The van der Waals surface area contributed by atoms with E-state index in [-0.39, 0.29) is 23.6 Å². The first kappa shape index (κ1) is 22.1. The molecule has 0 radical (unpaired) electrons. The number of nitrogens with zero attached hydrogens (tertiary/aromatic N) is 1. The molecule has 0 bridgehead atoms. The maximum absolute atomic E-state index is 6.66. The molecule has 1 aliphatic rings. The summed E-state index contributed by atoms with van der Waals surface area (Å²) in [6.07, 6.45) is 2.95. The third-order valence-corrected chi connectivity index (χ3v) is 6.76. The van der Waals surface area contributed by atoms with Crippen LogP contribution in [-0.4, -0.2) is 43.9 Å². The molecule has 0 saturated carbocycles. The highest BCUT2D eigenvalue weighted by molar-refractivity contribution is 6.49. The van der Waals surface area contributed by atoms with Gasteiger partial charge in [-0.1, -0.05) is 60.7 Å². The van der Waals surface area contributed by atoms with Crippen LogP contribution in [0.25, 0.3) is 0 Å². The zero-order chi connectivity index (χ0) is 21.1.